The standard InChI is InChI=1S/C18H13F2NO/c19-13-1-5-15(6-2-13)21(16-7-3-14(20)4-8-16)17-9-11-18(22)12-10-17/h1-12,22H. The third-order valence-corrected chi connectivity index (χ3v) is 3.28. The van der Waals surface area contributed by atoms with Crippen LogP contribution in [0.15, 0.2) is 72.8 Å². The van der Waals surface area contributed by atoms with Gasteiger partial charge in [-0.2, -0.15) is 0 Å². The highest BCUT2D eigenvalue weighted by Crippen LogP contribution is 2.35. The summed E-state index contributed by atoms with van der Waals surface area (Å²) in [7, 11) is 0. The van der Waals surface area contributed by atoms with E-state index in [2.05, 4.69) is 0 Å². The van der Waals surface area contributed by atoms with Gasteiger partial charge in [0.25, 0.3) is 0 Å². The molecule has 0 atom stereocenters. The normalized spacial score (nSPS) is 10.5. The molecule has 0 bridgehead atoms. The van der Waals surface area contributed by atoms with E-state index in [4.69, 9.17) is 0 Å². The zero-order valence-corrected chi connectivity index (χ0v) is 11.6. The first-order valence-corrected chi connectivity index (χ1v) is 6.74. The number of rotatable bonds is 3. The van der Waals surface area contributed by atoms with E-state index in [1.165, 1.54) is 24.3 Å². The van der Waals surface area contributed by atoms with Gasteiger partial charge in [0.05, 0.1) is 0 Å². The fourth-order valence-corrected chi connectivity index (χ4v) is 2.23. The van der Waals surface area contributed by atoms with E-state index in [0.717, 1.165) is 17.1 Å². The average molecular weight is 297 g/mol. The predicted octanol–water partition coefficient (Wildman–Crippen LogP) is 5.14. The molecule has 0 aliphatic rings. The Hall–Kier alpha value is -2.88. The fraction of sp³-hybridized carbons (Fsp3) is 0. The van der Waals surface area contributed by atoms with Crippen LogP contribution in [0.4, 0.5) is 25.8 Å². The van der Waals surface area contributed by atoms with Crippen molar-refractivity contribution in [3.8, 4) is 5.75 Å². The summed E-state index contributed by atoms with van der Waals surface area (Å²) >= 11 is 0. The van der Waals surface area contributed by atoms with Crippen molar-refractivity contribution in [1.82, 2.24) is 0 Å². The highest BCUT2D eigenvalue weighted by molar-refractivity contribution is 5.76. The molecule has 110 valence electrons. The first-order valence-electron chi connectivity index (χ1n) is 6.74. The van der Waals surface area contributed by atoms with Crippen molar-refractivity contribution in [1.29, 1.82) is 0 Å². The molecule has 0 spiro atoms. The van der Waals surface area contributed by atoms with Crippen LogP contribution >= 0.6 is 0 Å². The van der Waals surface area contributed by atoms with Crippen molar-refractivity contribution >= 4 is 17.1 Å². The SMILES string of the molecule is Oc1ccc(N(c2ccc(F)cc2)c2ccc(F)cc2)cc1. The minimum absolute atomic E-state index is 0.155. The first kappa shape index (κ1) is 14.1. The van der Waals surface area contributed by atoms with Gasteiger partial charge in [0, 0.05) is 17.1 Å². The second kappa shape index (κ2) is 5.85. The average Bonchev–Trinajstić information content (AvgIpc) is 2.53. The highest BCUT2D eigenvalue weighted by Gasteiger charge is 2.12. The number of halogens is 2. The van der Waals surface area contributed by atoms with Crippen LogP contribution < -0.4 is 4.90 Å². The first-order chi connectivity index (χ1) is 10.6. The number of hydrogen-bond acceptors (Lipinski definition) is 2. The molecular formula is C18H13F2NO. The maximum Gasteiger partial charge on any atom is 0.123 e. The smallest absolute Gasteiger partial charge is 0.123 e. The van der Waals surface area contributed by atoms with Crippen LogP contribution in [0.2, 0.25) is 0 Å². The molecule has 0 amide bonds. The lowest BCUT2D eigenvalue weighted by molar-refractivity contribution is 0.475. The molecule has 0 unspecified atom stereocenters. The van der Waals surface area contributed by atoms with E-state index in [-0.39, 0.29) is 17.4 Å². The summed E-state index contributed by atoms with van der Waals surface area (Å²) in [6.07, 6.45) is 0. The van der Waals surface area contributed by atoms with Crippen molar-refractivity contribution < 1.29 is 13.9 Å². The molecule has 0 heterocycles. The molecule has 3 rings (SSSR count). The minimum Gasteiger partial charge on any atom is -0.508 e. The summed E-state index contributed by atoms with van der Waals surface area (Å²) in [5.74, 6) is -0.496. The summed E-state index contributed by atoms with van der Waals surface area (Å²) in [5, 5.41) is 9.43. The quantitative estimate of drug-likeness (QED) is 0.723. The van der Waals surface area contributed by atoms with E-state index in [0.29, 0.717) is 0 Å². The van der Waals surface area contributed by atoms with Crippen molar-refractivity contribution in [2.24, 2.45) is 0 Å². The monoisotopic (exact) mass is 297 g/mol. The third kappa shape index (κ3) is 2.91. The number of phenols is 1. The van der Waals surface area contributed by atoms with Crippen LogP contribution in [0, 0.1) is 11.6 Å². The Kier molecular flexibility index (Phi) is 3.74. The van der Waals surface area contributed by atoms with Gasteiger partial charge in [-0.15, -0.1) is 0 Å². The number of nitrogens with zero attached hydrogens (tertiary/aromatic N) is 1. The molecule has 2 nitrogen and oxygen atoms in total. The van der Waals surface area contributed by atoms with Gasteiger partial charge in [0.1, 0.15) is 17.4 Å². The molecule has 0 saturated heterocycles. The van der Waals surface area contributed by atoms with Crippen LogP contribution in [0.5, 0.6) is 5.75 Å². The summed E-state index contributed by atoms with van der Waals surface area (Å²) in [4.78, 5) is 1.85. The van der Waals surface area contributed by atoms with Crippen molar-refractivity contribution in [2.45, 2.75) is 0 Å². The van der Waals surface area contributed by atoms with Gasteiger partial charge < -0.3 is 10.0 Å². The topological polar surface area (TPSA) is 23.5 Å². The molecule has 0 aliphatic carbocycles. The largest absolute Gasteiger partial charge is 0.508 e. The van der Waals surface area contributed by atoms with Crippen LogP contribution in [0.1, 0.15) is 0 Å². The molecule has 4 heteroatoms. The van der Waals surface area contributed by atoms with Gasteiger partial charge in [-0.05, 0) is 72.8 Å². The number of anilines is 3. The molecule has 1 N–H and O–H groups in total. The van der Waals surface area contributed by atoms with Gasteiger partial charge in [-0.3, -0.25) is 0 Å². The van der Waals surface area contributed by atoms with Crippen molar-refractivity contribution in [2.75, 3.05) is 4.90 Å². The molecular weight excluding hydrogens is 284 g/mol. The Balaban J connectivity index is 2.10. The Labute approximate surface area is 126 Å². The second-order valence-corrected chi connectivity index (χ2v) is 4.80. The van der Waals surface area contributed by atoms with Crippen LogP contribution in [-0.4, -0.2) is 5.11 Å². The van der Waals surface area contributed by atoms with E-state index in [9.17, 15) is 13.9 Å². The van der Waals surface area contributed by atoms with Gasteiger partial charge in [0.2, 0.25) is 0 Å². The number of hydrogen-bond donors (Lipinski definition) is 1. The van der Waals surface area contributed by atoms with E-state index in [1.807, 2.05) is 4.90 Å². The van der Waals surface area contributed by atoms with Crippen molar-refractivity contribution in [3.63, 3.8) is 0 Å². The summed E-state index contributed by atoms with van der Waals surface area (Å²) in [5.41, 5.74) is 2.24. The summed E-state index contributed by atoms with van der Waals surface area (Å²) < 4.78 is 26.3. The molecule has 0 saturated carbocycles. The van der Waals surface area contributed by atoms with Crippen molar-refractivity contribution in [3.05, 3.63) is 84.4 Å². The van der Waals surface area contributed by atoms with Gasteiger partial charge in [0.15, 0.2) is 0 Å². The number of aromatic hydroxyl groups is 1. The molecule has 0 aromatic heterocycles. The molecule has 22 heavy (non-hydrogen) atoms. The number of phenolic OH excluding ortho intramolecular Hbond substituents is 1. The molecule has 0 radical (unpaired) electrons. The van der Waals surface area contributed by atoms with Crippen LogP contribution in [0.3, 0.4) is 0 Å². The summed E-state index contributed by atoms with van der Waals surface area (Å²) in [6.45, 7) is 0. The highest BCUT2D eigenvalue weighted by atomic mass is 19.1. The lowest BCUT2D eigenvalue weighted by atomic mass is 10.2. The summed E-state index contributed by atoms with van der Waals surface area (Å²) in [6, 6.07) is 18.7. The van der Waals surface area contributed by atoms with E-state index < -0.39 is 0 Å². The van der Waals surface area contributed by atoms with Crippen LogP contribution in [-0.2, 0) is 0 Å². The number of benzene rings is 3. The maximum atomic E-state index is 13.2. The lowest BCUT2D eigenvalue weighted by Crippen LogP contribution is -2.09. The Morgan fingerprint density at radius 2 is 0.864 bits per heavy atom. The Morgan fingerprint density at radius 3 is 1.23 bits per heavy atom. The Bertz CT molecular complexity index is 644. The minimum atomic E-state index is -0.325. The van der Waals surface area contributed by atoms with Crippen LogP contribution in [0.25, 0.3) is 0 Å². The van der Waals surface area contributed by atoms with Gasteiger partial charge in [-0.25, -0.2) is 8.78 Å². The molecule has 3 aromatic rings. The lowest BCUT2D eigenvalue weighted by Gasteiger charge is -2.25. The molecule has 3 aromatic carbocycles. The van der Waals surface area contributed by atoms with Gasteiger partial charge in [-0.1, -0.05) is 0 Å². The van der Waals surface area contributed by atoms with E-state index >= 15 is 0 Å². The molecule has 0 aliphatic heterocycles. The Morgan fingerprint density at radius 1 is 0.545 bits per heavy atom. The predicted molar refractivity (Wildman–Crippen MR) is 82.7 cm³/mol. The third-order valence-electron chi connectivity index (χ3n) is 3.28. The molecule has 0 fully saturated rings. The fourth-order valence-electron chi connectivity index (χ4n) is 2.23. The zero-order chi connectivity index (χ0) is 15.5. The second-order valence-electron chi connectivity index (χ2n) is 4.80. The van der Waals surface area contributed by atoms with E-state index in [1.54, 1.807) is 48.5 Å². The maximum absolute atomic E-state index is 13.2. The zero-order valence-electron chi connectivity index (χ0n) is 11.6. The van der Waals surface area contributed by atoms with Gasteiger partial charge >= 0.3 is 0 Å².